The minimum absolute atomic E-state index is 0.183. The van der Waals surface area contributed by atoms with Gasteiger partial charge in [0, 0.05) is 22.4 Å². The first-order chi connectivity index (χ1) is 10.5. The number of benzene rings is 2. The van der Waals surface area contributed by atoms with Gasteiger partial charge in [0.2, 0.25) is 0 Å². The van der Waals surface area contributed by atoms with E-state index in [9.17, 15) is 4.79 Å². The zero-order valence-corrected chi connectivity index (χ0v) is 13.4. The molecule has 2 aromatic carbocycles. The highest BCUT2D eigenvalue weighted by molar-refractivity contribution is 6.35. The summed E-state index contributed by atoms with van der Waals surface area (Å²) >= 11 is 12.1. The molecule has 0 amide bonds. The van der Waals surface area contributed by atoms with Crippen LogP contribution in [-0.2, 0) is 0 Å². The highest BCUT2D eigenvalue weighted by Gasteiger charge is 2.15. The van der Waals surface area contributed by atoms with Crippen LogP contribution in [0, 0.1) is 0 Å². The van der Waals surface area contributed by atoms with Crippen molar-refractivity contribution in [2.24, 2.45) is 5.73 Å². The van der Waals surface area contributed by atoms with Crippen molar-refractivity contribution in [2.75, 3.05) is 0 Å². The van der Waals surface area contributed by atoms with E-state index >= 15 is 0 Å². The van der Waals surface area contributed by atoms with E-state index in [0.717, 1.165) is 11.1 Å². The molecular formula is C17H14Cl2N2O. The van der Waals surface area contributed by atoms with Gasteiger partial charge >= 0.3 is 0 Å². The third kappa shape index (κ3) is 2.52. The predicted molar refractivity (Wildman–Crippen MR) is 92.2 cm³/mol. The molecule has 0 fully saturated rings. The molecule has 0 aliphatic heterocycles. The average molecular weight is 333 g/mol. The van der Waals surface area contributed by atoms with E-state index in [1.807, 2.05) is 25.1 Å². The van der Waals surface area contributed by atoms with Gasteiger partial charge in [-0.15, -0.1) is 0 Å². The Bertz CT molecular complexity index is 899. The van der Waals surface area contributed by atoms with Crippen molar-refractivity contribution in [3.63, 3.8) is 0 Å². The maximum Gasteiger partial charge on any atom is 0.264 e. The molecule has 1 heterocycles. The van der Waals surface area contributed by atoms with Crippen LogP contribution in [0.5, 0.6) is 0 Å². The van der Waals surface area contributed by atoms with Gasteiger partial charge in [-0.05, 0) is 48.7 Å². The van der Waals surface area contributed by atoms with Crippen LogP contribution < -0.4 is 11.3 Å². The molecule has 112 valence electrons. The number of nitrogens with zero attached hydrogens (tertiary/aromatic N) is 1. The Kier molecular flexibility index (Phi) is 3.96. The predicted octanol–water partition coefficient (Wildman–Crippen LogP) is 4.32. The molecule has 1 aromatic heterocycles. The van der Waals surface area contributed by atoms with E-state index in [1.165, 1.54) is 0 Å². The van der Waals surface area contributed by atoms with Gasteiger partial charge in [0.05, 0.1) is 10.4 Å². The molecular weight excluding hydrogens is 319 g/mol. The first-order valence-corrected chi connectivity index (χ1v) is 7.60. The standard InChI is InChI=1S/C17H14Cl2N2O/c1-10(20)15-9-11-3-2-4-14(19)16(11)17(22)21(15)13-7-5-12(18)6-8-13/h2-10H,20H2,1H3/t10-/m0/s1. The molecule has 0 unspecified atom stereocenters. The fourth-order valence-electron chi connectivity index (χ4n) is 2.53. The molecule has 3 rings (SSSR count). The first-order valence-electron chi connectivity index (χ1n) is 6.85. The van der Waals surface area contributed by atoms with Crippen LogP contribution in [0.2, 0.25) is 10.0 Å². The van der Waals surface area contributed by atoms with Gasteiger partial charge in [0.15, 0.2) is 0 Å². The number of rotatable bonds is 2. The van der Waals surface area contributed by atoms with Gasteiger partial charge in [0.25, 0.3) is 5.56 Å². The maximum absolute atomic E-state index is 12.9. The zero-order valence-electron chi connectivity index (χ0n) is 11.9. The molecule has 5 heteroatoms. The van der Waals surface area contributed by atoms with Crippen LogP contribution in [0.4, 0.5) is 0 Å². The van der Waals surface area contributed by atoms with Crippen molar-refractivity contribution in [3.05, 3.63) is 74.6 Å². The van der Waals surface area contributed by atoms with E-state index in [4.69, 9.17) is 28.9 Å². The highest BCUT2D eigenvalue weighted by atomic mass is 35.5. The monoisotopic (exact) mass is 332 g/mol. The Morgan fingerprint density at radius 1 is 1.09 bits per heavy atom. The van der Waals surface area contributed by atoms with Crippen LogP contribution in [0.15, 0.2) is 53.3 Å². The molecule has 0 radical (unpaired) electrons. The van der Waals surface area contributed by atoms with Crippen LogP contribution in [-0.4, -0.2) is 4.57 Å². The molecule has 0 aliphatic rings. The summed E-state index contributed by atoms with van der Waals surface area (Å²) in [6, 6.07) is 14.1. The second-order valence-corrected chi connectivity index (χ2v) is 6.02. The van der Waals surface area contributed by atoms with Crippen LogP contribution >= 0.6 is 23.2 Å². The first kappa shape index (κ1) is 15.1. The molecule has 22 heavy (non-hydrogen) atoms. The fraction of sp³-hybridized carbons (Fsp3) is 0.118. The lowest BCUT2D eigenvalue weighted by Crippen LogP contribution is -2.25. The summed E-state index contributed by atoms with van der Waals surface area (Å²) in [7, 11) is 0. The van der Waals surface area contributed by atoms with Crippen LogP contribution in [0.25, 0.3) is 16.5 Å². The minimum atomic E-state index is -0.299. The highest BCUT2D eigenvalue weighted by Crippen LogP contribution is 2.25. The molecule has 3 aromatic rings. The fourth-order valence-corrected chi connectivity index (χ4v) is 2.92. The molecule has 0 spiro atoms. The Morgan fingerprint density at radius 2 is 1.77 bits per heavy atom. The average Bonchev–Trinajstić information content (AvgIpc) is 2.48. The maximum atomic E-state index is 12.9. The Labute approximate surface area is 137 Å². The van der Waals surface area contributed by atoms with E-state index in [1.54, 1.807) is 34.9 Å². The van der Waals surface area contributed by atoms with Crippen molar-refractivity contribution in [3.8, 4) is 5.69 Å². The molecule has 3 nitrogen and oxygen atoms in total. The van der Waals surface area contributed by atoms with Crippen molar-refractivity contribution in [1.29, 1.82) is 0 Å². The number of hydrogen-bond donors (Lipinski definition) is 1. The summed E-state index contributed by atoms with van der Waals surface area (Å²) in [5.74, 6) is 0. The van der Waals surface area contributed by atoms with Crippen LogP contribution in [0.1, 0.15) is 18.7 Å². The lowest BCUT2D eigenvalue weighted by atomic mass is 10.1. The van der Waals surface area contributed by atoms with E-state index in [-0.39, 0.29) is 11.6 Å². The molecule has 0 saturated carbocycles. The zero-order chi connectivity index (χ0) is 15.9. The molecule has 0 aliphatic carbocycles. The number of fused-ring (bicyclic) bond motifs is 1. The quantitative estimate of drug-likeness (QED) is 0.759. The van der Waals surface area contributed by atoms with E-state index < -0.39 is 0 Å². The summed E-state index contributed by atoms with van der Waals surface area (Å²) in [5.41, 5.74) is 7.31. The largest absolute Gasteiger partial charge is 0.323 e. The number of nitrogens with two attached hydrogens (primary N) is 1. The summed E-state index contributed by atoms with van der Waals surface area (Å²) in [4.78, 5) is 12.9. The normalized spacial score (nSPS) is 12.5. The van der Waals surface area contributed by atoms with Crippen molar-refractivity contribution in [2.45, 2.75) is 13.0 Å². The Balaban J connectivity index is 2.43. The smallest absolute Gasteiger partial charge is 0.264 e. The topological polar surface area (TPSA) is 48.0 Å². The Hall–Kier alpha value is -1.81. The van der Waals surface area contributed by atoms with Gasteiger partial charge in [0.1, 0.15) is 0 Å². The number of hydrogen-bond acceptors (Lipinski definition) is 2. The van der Waals surface area contributed by atoms with Crippen molar-refractivity contribution in [1.82, 2.24) is 4.57 Å². The third-order valence-corrected chi connectivity index (χ3v) is 4.14. The second kappa shape index (κ2) is 5.76. The summed E-state index contributed by atoms with van der Waals surface area (Å²) in [6.07, 6.45) is 0. The van der Waals surface area contributed by atoms with Gasteiger partial charge < -0.3 is 5.73 Å². The summed E-state index contributed by atoms with van der Waals surface area (Å²) < 4.78 is 1.59. The SMILES string of the molecule is C[C@H](N)c1cc2cccc(Cl)c2c(=O)n1-c1ccc(Cl)cc1. The minimum Gasteiger partial charge on any atom is -0.323 e. The molecule has 0 saturated heterocycles. The second-order valence-electron chi connectivity index (χ2n) is 5.18. The van der Waals surface area contributed by atoms with Gasteiger partial charge in [-0.25, -0.2) is 0 Å². The van der Waals surface area contributed by atoms with Crippen LogP contribution in [0.3, 0.4) is 0 Å². The molecule has 2 N–H and O–H groups in total. The van der Waals surface area contributed by atoms with Gasteiger partial charge in [-0.1, -0.05) is 35.3 Å². The van der Waals surface area contributed by atoms with E-state index in [0.29, 0.717) is 21.1 Å². The molecule has 1 atom stereocenters. The van der Waals surface area contributed by atoms with Gasteiger partial charge in [-0.3, -0.25) is 9.36 Å². The Morgan fingerprint density at radius 3 is 2.41 bits per heavy atom. The van der Waals surface area contributed by atoms with Crippen molar-refractivity contribution >= 4 is 34.0 Å². The third-order valence-electron chi connectivity index (χ3n) is 3.58. The number of pyridine rings is 1. The lowest BCUT2D eigenvalue weighted by molar-refractivity contribution is 0.734. The lowest BCUT2D eigenvalue weighted by Gasteiger charge is -2.17. The number of aromatic nitrogens is 1. The summed E-state index contributed by atoms with van der Waals surface area (Å²) in [6.45, 7) is 1.84. The number of halogens is 2. The van der Waals surface area contributed by atoms with E-state index in [2.05, 4.69) is 0 Å². The summed E-state index contributed by atoms with van der Waals surface area (Å²) in [5, 5.41) is 2.32. The van der Waals surface area contributed by atoms with Crippen molar-refractivity contribution < 1.29 is 0 Å². The molecule has 0 bridgehead atoms. The van der Waals surface area contributed by atoms with Gasteiger partial charge in [-0.2, -0.15) is 0 Å².